The third-order valence-electron chi connectivity index (χ3n) is 4.79. The number of methoxy groups -OCH3 is 1. The van der Waals surface area contributed by atoms with Crippen LogP contribution < -0.4 is 9.64 Å². The average molecular weight is 323 g/mol. The van der Waals surface area contributed by atoms with Gasteiger partial charge in [-0.2, -0.15) is 0 Å². The molecule has 0 aliphatic carbocycles. The maximum atomic E-state index is 12.9. The van der Waals surface area contributed by atoms with Gasteiger partial charge in [0, 0.05) is 13.0 Å². The molecule has 24 heavy (non-hydrogen) atoms. The highest BCUT2D eigenvalue weighted by Crippen LogP contribution is 2.38. The summed E-state index contributed by atoms with van der Waals surface area (Å²) in [4.78, 5) is 14.8. The number of nitrogens with zero attached hydrogens (tertiary/aromatic N) is 1. The van der Waals surface area contributed by atoms with E-state index < -0.39 is 0 Å². The van der Waals surface area contributed by atoms with Gasteiger partial charge in [0.05, 0.1) is 12.8 Å². The van der Waals surface area contributed by atoms with E-state index in [0.29, 0.717) is 6.42 Å². The largest absolute Gasteiger partial charge is 0.495 e. The summed E-state index contributed by atoms with van der Waals surface area (Å²) in [6.07, 6.45) is 3.33. The number of amides is 1. The minimum absolute atomic E-state index is 0.182. The van der Waals surface area contributed by atoms with E-state index in [1.165, 1.54) is 22.3 Å². The molecule has 3 heteroatoms. The molecule has 2 aromatic rings. The molecular weight excluding hydrogens is 298 g/mol. The Balaban J connectivity index is 1.81. The summed E-state index contributed by atoms with van der Waals surface area (Å²) in [5, 5.41) is 0. The quantitative estimate of drug-likeness (QED) is 0.843. The van der Waals surface area contributed by atoms with Crippen LogP contribution in [-0.2, 0) is 17.6 Å². The molecule has 0 fully saturated rings. The fourth-order valence-corrected chi connectivity index (χ4v) is 3.52. The fourth-order valence-electron chi connectivity index (χ4n) is 3.52. The maximum absolute atomic E-state index is 12.9. The number of carbonyl (C=O) groups excluding carboxylic acids is 1. The van der Waals surface area contributed by atoms with Gasteiger partial charge in [0.1, 0.15) is 5.75 Å². The molecule has 0 aromatic heterocycles. The second-order valence-corrected chi connectivity index (χ2v) is 6.55. The third kappa shape index (κ3) is 3.30. The van der Waals surface area contributed by atoms with Crippen LogP contribution in [0.25, 0.3) is 0 Å². The molecule has 3 nitrogen and oxygen atoms in total. The van der Waals surface area contributed by atoms with Crippen molar-refractivity contribution in [2.45, 2.75) is 39.5 Å². The lowest BCUT2D eigenvalue weighted by atomic mass is 9.95. The summed E-state index contributed by atoms with van der Waals surface area (Å²) in [7, 11) is 1.68. The zero-order valence-corrected chi connectivity index (χ0v) is 14.8. The number of fused-ring (bicyclic) bond motifs is 1. The van der Waals surface area contributed by atoms with Gasteiger partial charge >= 0.3 is 0 Å². The van der Waals surface area contributed by atoms with Crippen LogP contribution in [0.2, 0.25) is 0 Å². The standard InChI is InChI=1S/C21H25NO2/c1-15-6-4-7-17(14-15)10-12-20(23)22-13-5-8-18-16(2)9-11-19(24-3)21(18)22/h4,6-7,9,11,14H,5,8,10,12-13H2,1-3H3. The number of ether oxygens (including phenoxy) is 1. The van der Waals surface area contributed by atoms with Crippen molar-refractivity contribution in [3.8, 4) is 5.75 Å². The Bertz CT molecular complexity index is 751. The van der Waals surface area contributed by atoms with Crippen LogP contribution in [0.5, 0.6) is 5.75 Å². The Morgan fingerprint density at radius 3 is 2.79 bits per heavy atom. The number of benzene rings is 2. The Hall–Kier alpha value is -2.29. The molecule has 1 heterocycles. The number of hydrogen-bond acceptors (Lipinski definition) is 2. The monoisotopic (exact) mass is 323 g/mol. The summed E-state index contributed by atoms with van der Waals surface area (Å²) in [6.45, 7) is 4.97. The first-order chi connectivity index (χ1) is 11.6. The number of aryl methyl sites for hydroxylation is 3. The zero-order valence-electron chi connectivity index (χ0n) is 14.8. The summed E-state index contributed by atoms with van der Waals surface area (Å²) in [6, 6.07) is 12.4. The van der Waals surface area contributed by atoms with Gasteiger partial charge in [-0.1, -0.05) is 35.9 Å². The molecule has 0 saturated carbocycles. The first-order valence-electron chi connectivity index (χ1n) is 8.62. The van der Waals surface area contributed by atoms with Gasteiger partial charge in [0.25, 0.3) is 0 Å². The van der Waals surface area contributed by atoms with Crippen LogP contribution in [-0.4, -0.2) is 19.6 Å². The number of rotatable bonds is 4. The lowest BCUT2D eigenvalue weighted by Crippen LogP contribution is -2.36. The van der Waals surface area contributed by atoms with Crippen LogP contribution in [0.4, 0.5) is 5.69 Å². The summed E-state index contributed by atoms with van der Waals surface area (Å²) in [5.74, 6) is 0.987. The van der Waals surface area contributed by atoms with E-state index >= 15 is 0 Å². The molecule has 0 unspecified atom stereocenters. The van der Waals surface area contributed by atoms with Crippen molar-refractivity contribution in [1.82, 2.24) is 0 Å². The van der Waals surface area contributed by atoms with E-state index in [-0.39, 0.29) is 5.91 Å². The SMILES string of the molecule is COc1ccc(C)c2c1N(C(=O)CCc1cccc(C)c1)CCC2. The molecule has 0 saturated heterocycles. The lowest BCUT2D eigenvalue weighted by Gasteiger charge is -2.32. The molecule has 1 amide bonds. The van der Waals surface area contributed by atoms with Gasteiger partial charge in [0.15, 0.2) is 0 Å². The van der Waals surface area contributed by atoms with Crippen molar-refractivity contribution in [2.75, 3.05) is 18.6 Å². The molecule has 2 aromatic carbocycles. The topological polar surface area (TPSA) is 29.5 Å². The normalized spacial score (nSPS) is 13.5. The van der Waals surface area contributed by atoms with Gasteiger partial charge in [-0.15, -0.1) is 0 Å². The predicted octanol–water partition coefficient (Wildman–Crippen LogP) is 4.22. The molecular formula is C21H25NO2. The van der Waals surface area contributed by atoms with Gasteiger partial charge in [-0.05, 0) is 55.9 Å². The Morgan fingerprint density at radius 2 is 2.04 bits per heavy atom. The van der Waals surface area contributed by atoms with Crippen LogP contribution in [0.1, 0.15) is 35.1 Å². The van der Waals surface area contributed by atoms with E-state index in [1.807, 2.05) is 11.0 Å². The third-order valence-corrected chi connectivity index (χ3v) is 4.79. The average Bonchev–Trinajstić information content (AvgIpc) is 2.60. The molecule has 0 bridgehead atoms. The van der Waals surface area contributed by atoms with E-state index in [9.17, 15) is 4.79 Å². The van der Waals surface area contributed by atoms with E-state index in [0.717, 1.165) is 37.2 Å². The van der Waals surface area contributed by atoms with Crippen molar-refractivity contribution < 1.29 is 9.53 Å². The molecule has 0 N–H and O–H groups in total. The minimum Gasteiger partial charge on any atom is -0.495 e. The maximum Gasteiger partial charge on any atom is 0.227 e. The first kappa shape index (κ1) is 16.6. The summed E-state index contributed by atoms with van der Waals surface area (Å²) < 4.78 is 5.53. The number of anilines is 1. The highest BCUT2D eigenvalue weighted by Gasteiger charge is 2.26. The van der Waals surface area contributed by atoms with Crippen molar-refractivity contribution in [3.63, 3.8) is 0 Å². The molecule has 0 spiro atoms. The van der Waals surface area contributed by atoms with Crippen LogP contribution in [0.3, 0.4) is 0 Å². The van der Waals surface area contributed by atoms with Gasteiger partial charge in [-0.3, -0.25) is 4.79 Å². The van der Waals surface area contributed by atoms with E-state index in [1.54, 1.807) is 7.11 Å². The summed E-state index contributed by atoms with van der Waals surface area (Å²) >= 11 is 0. The predicted molar refractivity (Wildman–Crippen MR) is 97.9 cm³/mol. The zero-order chi connectivity index (χ0) is 17.1. The van der Waals surface area contributed by atoms with Gasteiger partial charge in [0.2, 0.25) is 5.91 Å². The first-order valence-corrected chi connectivity index (χ1v) is 8.62. The molecule has 0 atom stereocenters. The molecule has 1 aliphatic rings. The minimum atomic E-state index is 0.182. The van der Waals surface area contributed by atoms with Crippen molar-refractivity contribution in [3.05, 3.63) is 58.7 Å². The van der Waals surface area contributed by atoms with Crippen LogP contribution in [0, 0.1) is 13.8 Å². The highest BCUT2D eigenvalue weighted by atomic mass is 16.5. The van der Waals surface area contributed by atoms with Gasteiger partial charge < -0.3 is 9.64 Å². The second kappa shape index (κ2) is 7.08. The Kier molecular flexibility index (Phi) is 4.89. The second-order valence-electron chi connectivity index (χ2n) is 6.55. The van der Waals surface area contributed by atoms with E-state index in [2.05, 4.69) is 44.2 Å². The van der Waals surface area contributed by atoms with E-state index in [4.69, 9.17) is 4.74 Å². The molecule has 1 aliphatic heterocycles. The Labute approximate surface area is 144 Å². The Morgan fingerprint density at radius 1 is 1.21 bits per heavy atom. The van der Waals surface area contributed by atoms with Crippen molar-refractivity contribution in [2.24, 2.45) is 0 Å². The van der Waals surface area contributed by atoms with Crippen LogP contribution >= 0.6 is 0 Å². The molecule has 126 valence electrons. The van der Waals surface area contributed by atoms with Crippen molar-refractivity contribution in [1.29, 1.82) is 0 Å². The van der Waals surface area contributed by atoms with Crippen LogP contribution in [0.15, 0.2) is 36.4 Å². The molecule has 0 radical (unpaired) electrons. The number of hydrogen-bond donors (Lipinski definition) is 0. The van der Waals surface area contributed by atoms with Gasteiger partial charge in [-0.25, -0.2) is 0 Å². The van der Waals surface area contributed by atoms with Crippen molar-refractivity contribution >= 4 is 11.6 Å². The number of carbonyl (C=O) groups is 1. The lowest BCUT2D eigenvalue weighted by molar-refractivity contribution is -0.118. The summed E-state index contributed by atoms with van der Waals surface area (Å²) in [5.41, 5.74) is 5.93. The smallest absolute Gasteiger partial charge is 0.227 e. The fraction of sp³-hybridized carbons (Fsp3) is 0.381. The molecule has 3 rings (SSSR count). The highest BCUT2D eigenvalue weighted by molar-refractivity contribution is 5.96.